The number of aliphatic hydroxyl groups excluding tert-OH is 1. The van der Waals surface area contributed by atoms with Crippen LogP contribution < -0.4 is 16.0 Å². The maximum atomic E-state index is 13.0. The fraction of sp³-hybridized carbons (Fsp3) is 0.368. The molecule has 3 aliphatic rings. The molecule has 258 valence electrons. The molecule has 6 rings (SSSR count). The van der Waals surface area contributed by atoms with Gasteiger partial charge in [0.15, 0.2) is 0 Å². The van der Waals surface area contributed by atoms with Crippen LogP contribution in [-0.2, 0) is 4.74 Å². The Hall–Kier alpha value is -5.38. The molecule has 4 heterocycles. The van der Waals surface area contributed by atoms with Gasteiger partial charge in [0.1, 0.15) is 11.5 Å². The van der Waals surface area contributed by atoms with E-state index < -0.39 is 0 Å². The fourth-order valence-electron chi connectivity index (χ4n) is 5.63. The minimum atomic E-state index is -0.281. The van der Waals surface area contributed by atoms with Gasteiger partial charge in [0.05, 0.1) is 36.1 Å². The zero-order chi connectivity index (χ0) is 34.9. The lowest BCUT2D eigenvalue weighted by atomic mass is 9.93. The summed E-state index contributed by atoms with van der Waals surface area (Å²) in [4.78, 5) is 45.4. The number of pyridine rings is 2. The largest absolute Gasteiger partial charge is 0.393 e. The number of carbonyl (C=O) groups excluding carboxylic acids is 2. The van der Waals surface area contributed by atoms with Crippen molar-refractivity contribution < 1.29 is 19.4 Å². The molecule has 0 atom stereocenters. The SMILES string of the molecule is C=C(C#Cc1cc(C(=O)NC2CC2)ccn1)/C=C\C(=C/C)Nc1ncc(-c2ccc(C(=O)N3CCOCC3)cn2)c(NC2CCC(O)CC2)n1. The number of hydrogen-bond donors (Lipinski definition) is 4. The lowest BCUT2D eigenvalue weighted by Crippen LogP contribution is -2.40. The molecule has 12 heteroatoms. The Labute approximate surface area is 292 Å². The molecule has 50 heavy (non-hydrogen) atoms. The van der Waals surface area contributed by atoms with Crippen LogP contribution in [0, 0.1) is 11.8 Å². The van der Waals surface area contributed by atoms with E-state index in [1.54, 1.807) is 47.8 Å². The number of nitrogens with one attached hydrogen (secondary N) is 3. The number of rotatable bonds is 10. The maximum absolute atomic E-state index is 13.0. The van der Waals surface area contributed by atoms with E-state index in [-0.39, 0.29) is 30.0 Å². The summed E-state index contributed by atoms with van der Waals surface area (Å²) in [7, 11) is 0. The number of nitrogens with zero attached hydrogens (tertiary/aromatic N) is 5. The van der Waals surface area contributed by atoms with Crippen molar-refractivity contribution >= 4 is 23.6 Å². The van der Waals surface area contributed by atoms with Gasteiger partial charge in [-0.25, -0.2) is 9.97 Å². The third-order valence-corrected chi connectivity index (χ3v) is 8.73. The predicted molar refractivity (Wildman–Crippen MR) is 191 cm³/mol. The van der Waals surface area contributed by atoms with Crippen molar-refractivity contribution in [3.05, 3.63) is 95.8 Å². The number of hydrogen-bond acceptors (Lipinski definition) is 10. The van der Waals surface area contributed by atoms with Gasteiger partial charge in [0, 0.05) is 60.6 Å². The zero-order valence-corrected chi connectivity index (χ0v) is 28.2. The first-order valence-electron chi connectivity index (χ1n) is 17.1. The Balaban J connectivity index is 1.15. The quantitative estimate of drug-likeness (QED) is 0.179. The van der Waals surface area contributed by atoms with Crippen molar-refractivity contribution in [3.8, 4) is 23.1 Å². The van der Waals surface area contributed by atoms with Crippen LogP contribution in [0.25, 0.3) is 11.3 Å². The number of carbonyl (C=O) groups is 2. The molecule has 2 aliphatic carbocycles. The highest BCUT2D eigenvalue weighted by atomic mass is 16.5. The molecule has 0 unspecified atom stereocenters. The van der Waals surface area contributed by atoms with Gasteiger partial charge in [-0.1, -0.05) is 18.6 Å². The van der Waals surface area contributed by atoms with Crippen LogP contribution in [-0.4, -0.2) is 86.2 Å². The third kappa shape index (κ3) is 9.40. The van der Waals surface area contributed by atoms with Crippen LogP contribution in [0.2, 0.25) is 0 Å². The number of ether oxygens (including phenoxy) is 1. The third-order valence-electron chi connectivity index (χ3n) is 8.73. The molecular formula is C38H42N8O4. The van der Waals surface area contributed by atoms with E-state index in [1.165, 1.54) is 0 Å². The molecule has 3 fully saturated rings. The molecule has 2 amide bonds. The number of anilines is 2. The Morgan fingerprint density at radius 1 is 0.980 bits per heavy atom. The van der Waals surface area contributed by atoms with Crippen LogP contribution >= 0.6 is 0 Å². The van der Waals surface area contributed by atoms with Gasteiger partial charge in [-0.05, 0) is 87.8 Å². The standard InChI is InChI=1S/C38H42N8O4/c1-3-28(7-4-25(2)5-8-31-22-26(16-17-39-31)36(48)43-30-9-10-30)44-38-41-24-33(35(45-38)42-29-11-13-32(47)14-12-29)34-15-6-27(23-40-34)37(49)46-18-20-50-21-19-46/h3-4,6-7,15-17,22-24,29-30,32,47H,2,9-14,18-21H2,1H3,(H,43,48)(H2,41,42,44,45)/b7-4-,28-3+. The lowest BCUT2D eigenvalue weighted by molar-refractivity contribution is 0.0302. The Morgan fingerprint density at radius 3 is 2.48 bits per heavy atom. The molecule has 1 saturated heterocycles. The number of allylic oxidation sites excluding steroid dienone is 4. The Kier molecular flexibility index (Phi) is 11.3. The van der Waals surface area contributed by atoms with Gasteiger partial charge < -0.3 is 30.7 Å². The molecule has 0 aromatic carbocycles. The minimum Gasteiger partial charge on any atom is -0.393 e. The van der Waals surface area contributed by atoms with Gasteiger partial charge in [-0.2, -0.15) is 4.98 Å². The molecule has 3 aromatic rings. The van der Waals surface area contributed by atoms with Crippen molar-refractivity contribution in [1.82, 2.24) is 30.2 Å². The monoisotopic (exact) mass is 674 g/mol. The second-order valence-corrected chi connectivity index (χ2v) is 12.6. The van der Waals surface area contributed by atoms with E-state index in [0.29, 0.717) is 71.7 Å². The summed E-state index contributed by atoms with van der Waals surface area (Å²) in [6.07, 6.45) is 15.2. The molecule has 12 nitrogen and oxygen atoms in total. The second kappa shape index (κ2) is 16.3. The first-order chi connectivity index (χ1) is 24.3. The molecule has 0 spiro atoms. The van der Waals surface area contributed by atoms with E-state index in [1.807, 2.05) is 25.1 Å². The summed E-state index contributed by atoms with van der Waals surface area (Å²) >= 11 is 0. The number of amides is 2. The Morgan fingerprint density at radius 2 is 1.76 bits per heavy atom. The van der Waals surface area contributed by atoms with Crippen molar-refractivity contribution in [1.29, 1.82) is 0 Å². The van der Waals surface area contributed by atoms with Gasteiger partial charge in [0.25, 0.3) is 11.8 Å². The van der Waals surface area contributed by atoms with E-state index in [4.69, 9.17) is 9.72 Å². The van der Waals surface area contributed by atoms with Crippen LogP contribution in [0.15, 0.2) is 78.9 Å². The van der Waals surface area contributed by atoms with Gasteiger partial charge in [-0.3, -0.25) is 14.6 Å². The average molecular weight is 675 g/mol. The highest BCUT2D eigenvalue weighted by molar-refractivity contribution is 5.95. The van der Waals surface area contributed by atoms with E-state index in [9.17, 15) is 14.7 Å². The van der Waals surface area contributed by atoms with Crippen molar-refractivity contribution in [2.75, 3.05) is 36.9 Å². The van der Waals surface area contributed by atoms with E-state index in [2.05, 4.69) is 49.3 Å². The van der Waals surface area contributed by atoms with Gasteiger partial charge >= 0.3 is 0 Å². The molecule has 0 radical (unpaired) electrons. The summed E-state index contributed by atoms with van der Waals surface area (Å²) in [6.45, 7) is 8.13. The van der Waals surface area contributed by atoms with Gasteiger partial charge in [0.2, 0.25) is 5.95 Å². The first-order valence-corrected chi connectivity index (χ1v) is 17.1. The van der Waals surface area contributed by atoms with Crippen molar-refractivity contribution in [2.45, 2.75) is 63.6 Å². The number of aliphatic hydroxyl groups is 1. The van der Waals surface area contributed by atoms with Gasteiger partial charge in [-0.15, -0.1) is 0 Å². The fourth-order valence-corrected chi connectivity index (χ4v) is 5.63. The summed E-state index contributed by atoms with van der Waals surface area (Å²) in [5.41, 5.74) is 4.16. The van der Waals surface area contributed by atoms with Crippen LogP contribution in [0.1, 0.15) is 71.9 Å². The average Bonchev–Trinajstić information content (AvgIpc) is 3.98. The van der Waals surface area contributed by atoms with Crippen LogP contribution in [0.4, 0.5) is 11.8 Å². The van der Waals surface area contributed by atoms with E-state index in [0.717, 1.165) is 44.2 Å². The zero-order valence-electron chi connectivity index (χ0n) is 28.2. The van der Waals surface area contributed by atoms with Crippen LogP contribution in [0.3, 0.4) is 0 Å². The van der Waals surface area contributed by atoms with Crippen LogP contribution in [0.5, 0.6) is 0 Å². The predicted octanol–water partition coefficient (Wildman–Crippen LogP) is 4.49. The number of aromatic nitrogens is 4. The number of morpholine rings is 1. The highest BCUT2D eigenvalue weighted by Crippen LogP contribution is 2.29. The first kappa shape index (κ1) is 34.5. The molecule has 2 saturated carbocycles. The highest BCUT2D eigenvalue weighted by Gasteiger charge is 2.24. The summed E-state index contributed by atoms with van der Waals surface area (Å²) in [5.74, 6) is 6.79. The Bertz CT molecular complexity index is 1830. The van der Waals surface area contributed by atoms with Crippen molar-refractivity contribution in [3.63, 3.8) is 0 Å². The molecular weight excluding hydrogens is 632 g/mol. The van der Waals surface area contributed by atoms with Crippen molar-refractivity contribution in [2.24, 2.45) is 0 Å². The molecule has 0 bridgehead atoms. The topological polar surface area (TPSA) is 154 Å². The second-order valence-electron chi connectivity index (χ2n) is 12.6. The minimum absolute atomic E-state index is 0.0677. The summed E-state index contributed by atoms with van der Waals surface area (Å²) in [5, 5.41) is 19.8. The van der Waals surface area contributed by atoms with E-state index >= 15 is 0 Å². The molecule has 4 N–H and O–H groups in total. The molecule has 3 aromatic heterocycles. The smallest absolute Gasteiger partial charge is 0.255 e. The normalized spacial score (nSPS) is 19.3. The lowest BCUT2D eigenvalue weighted by Gasteiger charge is -2.27. The maximum Gasteiger partial charge on any atom is 0.255 e. The molecule has 1 aliphatic heterocycles. The summed E-state index contributed by atoms with van der Waals surface area (Å²) < 4.78 is 5.37. The summed E-state index contributed by atoms with van der Waals surface area (Å²) in [6, 6.07) is 7.36.